The van der Waals surface area contributed by atoms with E-state index in [9.17, 15) is 13.2 Å². The number of amides is 1. The Balaban J connectivity index is 1.46. The van der Waals surface area contributed by atoms with Crippen molar-refractivity contribution in [1.29, 1.82) is 0 Å². The quantitative estimate of drug-likeness (QED) is 0.283. The Morgan fingerprint density at radius 3 is 2.25 bits per heavy atom. The van der Waals surface area contributed by atoms with Gasteiger partial charge in [0.1, 0.15) is 0 Å². The Hall–Kier alpha value is -3.85. The Morgan fingerprint density at radius 2 is 1.55 bits per heavy atom. The molecular formula is C32H34N4O3S. The number of hydrogen-bond acceptors (Lipinski definition) is 5. The zero-order chi connectivity index (χ0) is 28.0. The van der Waals surface area contributed by atoms with Gasteiger partial charge in [-0.25, -0.2) is 13.4 Å². The van der Waals surface area contributed by atoms with Crippen molar-refractivity contribution in [3.8, 4) is 11.3 Å². The molecule has 1 aromatic heterocycles. The van der Waals surface area contributed by atoms with Crippen LogP contribution in [0, 0.1) is 0 Å². The van der Waals surface area contributed by atoms with Crippen LogP contribution in [0.3, 0.4) is 0 Å². The number of benzene rings is 3. The third-order valence-electron chi connectivity index (χ3n) is 7.32. The summed E-state index contributed by atoms with van der Waals surface area (Å²) in [7, 11) is -3.46. The monoisotopic (exact) mass is 554 g/mol. The van der Waals surface area contributed by atoms with Gasteiger partial charge in [0.25, 0.3) is 5.91 Å². The largest absolute Gasteiger partial charge is 0.352 e. The van der Waals surface area contributed by atoms with Gasteiger partial charge in [-0.15, -0.1) is 0 Å². The van der Waals surface area contributed by atoms with Gasteiger partial charge in [0.15, 0.2) is 0 Å². The number of sulfonamides is 1. The molecule has 5 rings (SSSR count). The molecule has 0 spiro atoms. The lowest BCUT2D eigenvalue weighted by Crippen LogP contribution is -2.47. The van der Waals surface area contributed by atoms with Crippen molar-refractivity contribution in [2.75, 3.05) is 32.7 Å². The molecule has 7 nitrogen and oxygen atoms in total. The van der Waals surface area contributed by atoms with Crippen molar-refractivity contribution in [3.63, 3.8) is 0 Å². The summed E-state index contributed by atoms with van der Waals surface area (Å²) in [6.07, 6.45) is 1.72. The maximum Gasteiger partial charge on any atom is 0.252 e. The number of para-hydroxylation sites is 1. The fourth-order valence-electron chi connectivity index (χ4n) is 5.20. The van der Waals surface area contributed by atoms with E-state index in [1.54, 1.807) is 0 Å². The molecule has 8 heteroatoms. The number of nitrogens with zero attached hydrogens (tertiary/aromatic N) is 3. The molecule has 4 aromatic rings. The van der Waals surface area contributed by atoms with Crippen LogP contribution in [-0.2, 0) is 23.0 Å². The fraction of sp³-hybridized carbons (Fsp3) is 0.250. The number of nitrogens with one attached hydrogen (secondary N) is 1. The minimum absolute atomic E-state index is 0.119. The van der Waals surface area contributed by atoms with Crippen LogP contribution in [-0.4, -0.2) is 61.2 Å². The number of piperazine rings is 1. The number of fused-ring (bicyclic) bond motifs is 1. The van der Waals surface area contributed by atoms with Crippen LogP contribution < -0.4 is 5.32 Å². The molecule has 0 bridgehead atoms. The van der Waals surface area contributed by atoms with Gasteiger partial charge in [-0.1, -0.05) is 85.4 Å². The van der Waals surface area contributed by atoms with Crippen molar-refractivity contribution in [2.24, 2.45) is 0 Å². The van der Waals surface area contributed by atoms with Crippen LogP contribution >= 0.6 is 0 Å². The van der Waals surface area contributed by atoms with Crippen LogP contribution in [0.5, 0.6) is 0 Å². The zero-order valence-electron chi connectivity index (χ0n) is 22.5. The molecule has 0 unspecified atom stereocenters. The summed E-state index contributed by atoms with van der Waals surface area (Å²) in [5.74, 6) is -0.119. The Labute approximate surface area is 236 Å². The third kappa shape index (κ3) is 6.31. The molecule has 1 saturated heterocycles. The summed E-state index contributed by atoms with van der Waals surface area (Å²) >= 11 is 0. The zero-order valence-corrected chi connectivity index (χ0v) is 23.3. The second kappa shape index (κ2) is 12.6. The van der Waals surface area contributed by atoms with E-state index < -0.39 is 10.0 Å². The van der Waals surface area contributed by atoms with Crippen LogP contribution in [0.1, 0.15) is 27.9 Å². The normalized spacial score (nSPS) is 14.7. The van der Waals surface area contributed by atoms with Crippen LogP contribution in [0.25, 0.3) is 22.2 Å². The summed E-state index contributed by atoms with van der Waals surface area (Å²) in [4.78, 5) is 21.1. The minimum atomic E-state index is -3.46. The molecule has 1 N–H and O–H groups in total. The van der Waals surface area contributed by atoms with Crippen molar-refractivity contribution in [1.82, 2.24) is 19.5 Å². The summed E-state index contributed by atoms with van der Waals surface area (Å²) in [6, 6.07) is 27.9. The molecule has 0 radical (unpaired) electrons. The molecule has 40 heavy (non-hydrogen) atoms. The SMILES string of the molecule is C=CS(=O)(=O)N1CCN(Cc2c(-c3ccccc3)nc3ccccc3c2C(=O)NCCCc2ccccc2)CC1. The standard InChI is InChI=1S/C32H34N4O3S/c1-2-40(38,39)36-22-20-35(21-23-36)24-28-30(32(37)33-19-11-14-25-12-5-3-6-13-25)27-17-9-10-18-29(27)34-31(28)26-15-7-4-8-16-26/h2-10,12-13,15-18H,1,11,14,19-24H2,(H,33,37). The topological polar surface area (TPSA) is 82.6 Å². The van der Waals surface area contributed by atoms with Crippen molar-refractivity contribution < 1.29 is 13.2 Å². The first-order chi connectivity index (χ1) is 19.5. The molecule has 206 valence electrons. The van der Waals surface area contributed by atoms with E-state index in [-0.39, 0.29) is 5.91 Å². The predicted octanol–water partition coefficient (Wildman–Crippen LogP) is 4.86. The van der Waals surface area contributed by atoms with Crippen LogP contribution in [0.2, 0.25) is 0 Å². The highest BCUT2D eigenvalue weighted by atomic mass is 32.2. The number of rotatable bonds is 10. The molecule has 1 aliphatic rings. The lowest BCUT2D eigenvalue weighted by molar-refractivity contribution is 0.0952. The van der Waals surface area contributed by atoms with E-state index in [4.69, 9.17) is 4.98 Å². The van der Waals surface area contributed by atoms with Crippen molar-refractivity contribution in [2.45, 2.75) is 19.4 Å². The third-order valence-corrected chi connectivity index (χ3v) is 8.83. The van der Waals surface area contributed by atoms with E-state index in [2.05, 4.69) is 28.9 Å². The minimum Gasteiger partial charge on any atom is -0.352 e. The summed E-state index contributed by atoms with van der Waals surface area (Å²) in [6.45, 7) is 6.33. The summed E-state index contributed by atoms with van der Waals surface area (Å²) in [5, 5.41) is 4.98. The second-order valence-corrected chi connectivity index (χ2v) is 11.8. The molecule has 3 aromatic carbocycles. The Bertz CT molecular complexity index is 1580. The van der Waals surface area contributed by atoms with Crippen LogP contribution in [0.4, 0.5) is 0 Å². The Kier molecular flexibility index (Phi) is 8.69. The number of carbonyl (C=O) groups excluding carboxylic acids is 1. The van der Waals surface area contributed by atoms with Gasteiger partial charge in [-0.2, -0.15) is 4.31 Å². The smallest absolute Gasteiger partial charge is 0.252 e. The highest BCUT2D eigenvalue weighted by Gasteiger charge is 2.28. The van der Waals surface area contributed by atoms with E-state index in [0.717, 1.165) is 46.0 Å². The molecule has 0 atom stereocenters. The number of pyridine rings is 1. The number of carbonyl (C=O) groups is 1. The van der Waals surface area contributed by atoms with Gasteiger partial charge in [-0.05, 0) is 24.5 Å². The number of aryl methyl sites for hydroxylation is 1. The first-order valence-corrected chi connectivity index (χ1v) is 15.1. The van der Waals surface area contributed by atoms with Gasteiger partial charge in [0, 0.05) is 61.2 Å². The molecular weight excluding hydrogens is 520 g/mol. The van der Waals surface area contributed by atoms with E-state index in [1.165, 1.54) is 9.87 Å². The average Bonchev–Trinajstić information content (AvgIpc) is 3.00. The maximum absolute atomic E-state index is 13.9. The second-order valence-electron chi connectivity index (χ2n) is 9.93. The van der Waals surface area contributed by atoms with Crippen LogP contribution in [0.15, 0.2) is 96.9 Å². The molecule has 0 aliphatic carbocycles. The molecule has 0 saturated carbocycles. The lowest BCUT2D eigenvalue weighted by atomic mass is 9.95. The molecule has 1 aliphatic heterocycles. The lowest BCUT2D eigenvalue weighted by Gasteiger charge is -2.34. The van der Waals surface area contributed by atoms with E-state index in [0.29, 0.717) is 44.8 Å². The summed E-state index contributed by atoms with van der Waals surface area (Å²) in [5.41, 5.74) is 5.21. The average molecular weight is 555 g/mol. The van der Waals surface area contributed by atoms with Gasteiger partial charge >= 0.3 is 0 Å². The van der Waals surface area contributed by atoms with E-state index in [1.807, 2.05) is 72.8 Å². The molecule has 1 amide bonds. The molecule has 2 heterocycles. The van der Waals surface area contributed by atoms with Gasteiger partial charge in [-0.3, -0.25) is 9.69 Å². The molecule has 1 fully saturated rings. The Morgan fingerprint density at radius 1 is 0.900 bits per heavy atom. The summed E-state index contributed by atoms with van der Waals surface area (Å²) < 4.78 is 26.0. The van der Waals surface area contributed by atoms with Crippen molar-refractivity contribution in [3.05, 3.63) is 114 Å². The highest BCUT2D eigenvalue weighted by molar-refractivity contribution is 7.92. The first kappa shape index (κ1) is 27.7. The predicted molar refractivity (Wildman–Crippen MR) is 160 cm³/mol. The van der Waals surface area contributed by atoms with E-state index >= 15 is 0 Å². The highest BCUT2D eigenvalue weighted by Crippen LogP contribution is 2.32. The van der Waals surface area contributed by atoms with Gasteiger partial charge in [0.05, 0.1) is 16.8 Å². The maximum atomic E-state index is 13.9. The van der Waals surface area contributed by atoms with Gasteiger partial charge < -0.3 is 5.32 Å². The van der Waals surface area contributed by atoms with Crippen molar-refractivity contribution >= 4 is 26.8 Å². The number of hydrogen-bond donors (Lipinski definition) is 1. The fourth-order valence-corrected chi connectivity index (χ4v) is 6.08. The number of aromatic nitrogens is 1. The van der Waals surface area contributed by atoms with Gasteiger partial charge in [0.2, 0.25) is 10.0 Å². The first-order valence-electron chi connectivity index (χ1n) is 13.6.